The fraction of sp³-hybridized carbons (Fsp3) is 0.667. The van der Waals surface area contributed by atoms with Gasteiger partial charge in [0.25, 0.3) is 0 Å². The molecule has 3 heteroatoms. The smallest absolute Gasteiger partial charge is 0.125 e. The highest BCUT2D eigenvalue weighted by atomic mass is 35.5. The number of carbonyl (C=O) groups excluding carboxylic acids is 1. The van der Waals surface area contributed by atoms with E-state index in [1.807, 2.05) is 0 Å². The summed E-state index contributed by atoms with van der Waals surface area (Å²) in [6.07, 6.45) is 1.47. The van der Waals surface area contributed by atoms with E-state index in [1.54, 1.807) is 0 Å². The Morgan fingerprint density at radius 3 is 2.17 bits per heavy atom. The van der Waals surface area contributed by atoms with Crippen molar-refractivity contribution in [2.75, 3.05) is 6.54 Å². The lowest BCUT2D eigenvalue weighted by Crippen LogP contribution is -3.00. The summed E-state index contributed by atoms with van der Waals surface area (Å²) in [5.41, 5.74) is 3.44. The van der Waals surface area contributed by atoms with Gasteiger partial charge < -0.3 is 22.9 Å². The van der Waals surface area contributed by atoms with Crippen LogP contribution in [-0.2, 0) is 4.79 Å². The minimum absolute atomic E-state index is 0. The van der Waals surface area contributed by atoms with Gasteiger partial charge in [0.2, 0.25) is 0 Å². The molecule has 2 nitrogen and oxygen atoms in total. The molecule has 0 rings (SSSR count). The summed E-state index contributed by atoms with van der Waals surface area (Å²) < 4.78 is 0. The van der Waals surface area contributed by atoms with Crippen molar-refractivity contribution < 1.29 is 22.9 Å². The molecular weight excluding hydrogens is 101 g/mol. The van der Waals surface area contributed by atoms with Crippen LogP contribution in [0.25, 0.3) is 0 Å². The molecule has 0 aromatic rings. The maximum atomic E-state index is 9.36. The molecule has 0 unspecified atom stereocenters. The molecule has 6 heavy (non-hydrogen) atoms. The lowest BCUT2D eigenvalue weighted by Gasteiger charge is -1.67. The zero-order valence-electron chi connectivity index (χ0n) is 3.48. The Kier molecular flexibility index (Phi) is 13.8. The van der Waals surface area contributed by atoms with Crippen molar-refractivity contribution in [1.82, 2.24) is 0 Å². The summed E-state index contributed by atoms with van der Waals surface area (Å²) in [4.78, 5) is 9.36. The summed E-state index contributed by atoms with van der Waals surface area (Å²) >= 11 is 0. The molecule has 0 heterocycles. The topological polar surface area (TPSA) is 44.7 Å². The molecule has 0 saturated carbocycles. The highest BCUT2D eigenvalue weighted by molar-refractivity contribution is 5.48. The summed E-state index contributed by atoms with van der Waals surface area (Å²) in [6.45, 7) is 0.726. The average molecular weight is 110 g/mol. The zero-order chi connectivity index (χ0) is 4.12. The van der Waals surface area contributed by atoms with Crippen LogP contribution in [0.2, 0.25) is 0 Å². The quantitative estimate of drug-likeness (QED) is 0.360. The van der Waals surface area contributed by atoms with Crippen LogP contribution < -0.4 is 18.1 Å². The largest absolute Gasteiger partial charge is 1.00 e. The molecule has 38 valence electrons. The van der Waals surface area contributed by atoms with Crippen LogP contribution in [-0.4, -0.2) is 12.8 Å². The van der Waals surface area contributed by atoms with E-state index >= 15 is 0 Å². The van der Waals surface area contributed by atoms with Gasteiger partial charge in [0.1, 0.15) is 6.29 Å². The number of rotatable bonds is 2. The van der Waals surface area contributed by atoms with Gasteiger partial charge in [0.05, 0.1) is 13.0 Å². The molecule has 0 spiro atoms. The third-order valence-electron chi connectivity index (χ3n) is 0.322. The average Bonchev–Trinajstić information content (AvgIpc) is 1.41. The molecule has 0 saturated heterocycles. The van der Waals surface area contributed by atoms with Crippen molar-refractivity contribution in [2.24, 2.45) is 0 Å². The fourth-order valence-corrected chi connectivity index (χ4v) is 0.0833. The van der Waals surface area contributed by atoms with Crippen molar-refractivity contribution >= 4 is 6.29 Å². The fourth-order valence-electron chi connectivity index (χ4n) is 0.0833. The van der Waals surface area contributed by atoms with Crippen molar-refractivity contribution in [3.63, 3.8) is 0 Å². The van der Waals surface area contributed by atoms with Crippen LogP contribution in [0.1, 0.15) is 6.42 Å². The number of halogens is 1. The second-order valence-electron chi connectivity index (χ2n) is 0.809. The van der Waals surface area contributed by atoms with Gasteiger partial charge >= 0.3 is 0 Å². The predicted molar refractivity (Wildman–Crippen MR) is 18.4 cm³/mol. The first kappa shape index (κ1) is 9.33. The van der Waals surface area contributed by atoms with Crippen molar-refractivity contribution in [1.29, 1.82) is 0 Å². The second-order valence-corrected chi connectivity index (χ2v) is 0.809. The zero-order valence-corrected chi connectivity index (χ0v) is 4.24. The molecule has 0 aromatic carbocycles. The van der Waals surface area contributed by atoms with E-state index in [-0.39, 0.29) is 12.4 Å². The van der Waals surface area contributed by atoms with Crippen LogP contribution in [0.15, 0.2) is 0 Å². The van der Waals surface area contributed by atoms with E-state index in [4.69, 9.17) is 0 Å². The van der Waals surface area contributed by atoms with Gasteiger partial charge in [-0.2, -0.15) is 0 Å². The molecule has 3 N–H and O–H groups in total. The first-order valence-corrected chi connectivity index (χ1v) is 1.64. The van der Waals surface area contributed by atoms with Gasteiger partial charge in [-0.25, -0.2) is 0 Å². The van der Waals surface area contributed by atoms with E-state index in [9.17, 15) is 4.79 Å². The van der Waals surface area contributed by atoms with E-state index in [0.29, 0.717) is 6.42 Å². The molecule has 0 atom stereocenters. The predicted octanol–water partition coefficient (Wildman–Crippen LogP) is -4.18. The SMILES string of the molecule is [Cl-].[NH3+]CCC=O. The Bertz CT molecular complexity index is 32.0. The molecule has 0 radical (unpaired) electrons. The lowest BCUT2D eigenvalue weighted by atomic mass is 10.5. The normalized spacial score (nSPS) is 6.17. The van der Waals surface area contributed by atoms with Crippen molar-refractivity contribution in [2.45, 2.75) is 6.42 Å². The summed E-state index contributed by atoms with van der Waals surface area (Å²) in [7, 11) is 0. The highest BCUT2D eigenvalue weighted by Crippen LogP contribution is 1.52. The van der Waals surface area contributed by atoms with E-state index in [0.717, 1.165) is 12.8 Å². The Morgan fingerprint density at radius 2 is 2.17 bits per heavy atom. The molecule has 0 fully saturated rings. The van der Waals surface area contributed by atoms with Crippen molar-refractivity contribution in [3.8, 4) is 0 Å². The third-order valence-corrected chi connectivity index (χ3v) is 0.322. The molecule has 0 aromatic heterocycles. The third kappa shape index (κ3) is 9.07. The Labute approximate surface area is 43.1 Å². The van der Waals surface area contributed by atoms with E-state index in [2.05, 4.69) is 5.73 Å². The van der Waals surface area contributed by atoms with Crippen LogP contribution in [0.3, 0.4) is 0 Å². The molecule has 0 bridgehead atoms. The Hall–Kier alpha value is -0.0800. The molecule has 0 aliphatic rings. The summed E-state index contributed by atoms with van der Waals surface area (Å²) in [5, 5.41) is 0. The lowest BCUT2D eigenvalue weighted by molar-refractivity contribution is -0.365. The van der Waals surface area contributed by atoms with Gasteiger partial charge in [-0.15, -0.1) is 0 Å². The number of aldehydes is 1. The van der Waals surface area contributed by atoms with Gasteiger partial charge in [-0.05, 0) is 0 Å². The van der Waals surface area contributed by atoms with Crippen LogP contribution in [0.5, 0.6) is 0 Å². The first-order valence-electron chi connectivity index (χ1n) is 1.64. The number of hydrogen-bond donors (Lipinski definition) is 1. The standard InChI is InChI=1S/C3H7NO.ClH/c4-2-1-3-5;/h3H,1-2,4H2;1H. The van der Waals surface area contributed by atoms with Crippen molar-refractivity contribution in [3.05, 3.63) is 0 Å². The Balaban J connectivity index is 0. The second kappa shape index (κ2) is 8.87. The molecular formula is C3H8ClNO. The van der Waals surface area contributed by atoms with Gasteiger partial charge in [0, 0.05) is 0 Å². The minimum atomic E-state index is 0. The van der Waals surface area contributed by atoms with Gasteiger partial charge in [0.15, 0.2) is 0 Å². The maximum Gasteiger partial charge on any atom is 0.125 e. The highest BCUT2D eigenvalue weighted by Gasteiger charge is 1.70. The number of hydrogen-bond acceptors (Lipinski definition) is 1. The van der Waals surface area contributed by atoms with E-state index < -0.39 is 0 Å². The Morgan fingerprint density at radius 1 is 1.67 bits per heavy atom. The number of quaternary nitrogens is 1. The first-order chi connectivity index (χ1) is 2.41. The van der Waals surface area contributed by atoms with Crippen LogP contribution >= 0.6 is 0 Å². The monoisotopic (exact) mass is 109 g/mol. The number of carbonyl (C=O) groups is 1. The molecule has 0 aliphatic carbocycles. The summed E-state index contributed by atoms with van der Waals surface area (Å²) in [6, 6.07) is 0. The van der Waals surface area contributed by atoms with Gasteiger partial charge in [-0.1, -0.05) is 0 Å². The van der Waals surface area contributed by atoms with Crippen LogP contribution in [0, 0.1) is 0 Å². The van der Waals surface area contributed by atoms with Crippen LogP contribution in [0.4, 0.5) is 0 Å². The maximum absolute atomic E-state index is 9.36. The molecule has 0 aliphatic heterocycles. The summed E-state index contributed by atoms with van der Waals surface area (Å²) in [5.74, 6) is 0. The minimum Gasteiger partial charge on any atom is -1.00 e. The van der Waals surface area contributed by atoms with E-state index in [1.165, 1.54) is 0 Å². The molecule has 0 amide bonds. The van der Waals surface area contributed by atoms with Gasteiger partial charge in [-0.3, -0.25) is 0 Å².